The molecule has 8 heteroatoms. The zero-order valence-electron chi connectivity index (χ0n) is 23.5. The van der Waals surface area contributed by atoms with Crippen LogP contribution >= 0.6 is 22.7 Å². The molecule has 1 amide bonds. The Bertz CT molecular complexity index is 1650. The lowest BCUT2D eigenvalue weighted by Crippen LogP contribution is -2.58. The highest BCUT2D eigenvalue weighted by Gasteiger charge is 2.49. The van der Waals surface area contributed by atoms with Crippen molar-refractivity contribution in [3.05, 3.63) is 101 Å². The molecule has 5 rings (SSSR count). The third-order valence-corrected chi connectivity index (χ3v) is 9.54. The standard InChI is InChI=1S/C33H34N4O2S2/c1-20(2)6-5-7-21(3)29-28(23-12-14-25(15-13-23)33(35)18-32(4,39)19-33)37-31(41-29)26-17-36-30(40-26)24-10-8-22(9-11-24)16-27(34)38/h5-15,17,39H,1,16,18-19,35H2,2-4H3,(H2,34,38). The quantitative estimate of drug-likeness (QED) is 0.186. The largest absolute Gasteiger partial charge is 0.390 e. The van der Waals surface area contributed by atoms with Crippen LogP contribution in [-0.4, -0.2) is 26.6 Å². The van der Waals surface area contributed by atoms with Gasteiger partial charge in [-0.1, -0.05) is 78.9 Å². The number of carbonyl (C=O) groups is 1. The first-order valence-corrected chi connectivity index (χ1v) is 15.0. The molecule has 6 nitrogen and oxygen atoms in total. The number of rotatable bonds is 9. The maximum absolute atomic E-state index is 11.2. The van der Waals surface area contributed by atoms with E-state index in [1.54, 1.807) is 22.7 Å². The van der Waals surface area contributed by atoms with Gasteiger partial charge in [-0.2, -0.15) is 0 Å². The Hall–Kier alpha value is -3.69. The molecule has 1 fully saturated rings. The first-order chi connectivity index (χ1) is 19.4. The Balaban J connectivity index is 1.48. The van der Waals surface area contributed by atoms with E-state index in [9.17, 15) is 9.90 Å². The van der Waals surface area contributed by atoms with Gasteiger partial charge in [-0.3, -0.25) is 4.79 Å². The van der Waals surface area contributed by atoms with Gasteiger partial charge in [0.05, 0.1) is 27.5 Å². The van der Waals surface area contributed by atoms with Crippen molar-refractivity contribution < 1.29 is 9.90 Å². The second-order valence-corrected chi connectivity index (χ2v) is 13.2. The summed E-state index contributed by atoms with van der Waals surface area (Å²) in [6.07, 6.45) is 9.26. The van der Waals surface area contributed by atoms with Crippen LogP contribution in [0.5, 0.6) is 0 Å². The molecule has 0 spiro atoms. The van der Waals surface area contributed by atoms with Gasteiger partial charge in [0.1, 0.15) is 10.0 Å². The summed E-state index contributed by atoms with van der Waals surface area (Å²) in [4.78, 5) is 23.1. The minimum Gasteiger partial charge on any atom is -0.390 e. The number of hydrogen-bond acceptors (Lipinski definition) is 7. The normalized spacial score (nSPS) is 20.8. The number of aliphatic hydroxyl groups is 1. The van der Waals surface area contributed by atoms with Crippen LogP contribution in [-0.2, 0) is 16.8 Å². The van der Waals surface area contributed by atoms with Crippen LogP contribution in [0, 0.1) is 0 Å². The molecule has 41 heavy (non-hydrogen) atoms. The predicted octanol–water partition coefficient (Wildman–Crippen LogP) is 6.86. The molecule has 0 saturated heterocycles. The van der Waals surface area contributed by atoms with Gasteiger partial charge in [-0.15, -0.1) is 22.7 Å². The molecule has 1 aliphatic rings. The number of aromatic nitrogens is 2. The minimum absolute atomic E-state index is 0.219. The molecule has 1 aliphatic carbocycles. The zero-order valence-corrected chi connectivity index (χ0v) is 25.1. The number of allylic oxidation sites excluding steroid dienone is 5. The van der Waals surface area contributed by atoms with E-state index < -0.39 is 11.1 Å². The Morgan fingerprint density at radius 3 is 2.32 bits per heavy atom. The topological polar surface area (TPSA) is 115 Å². The van der Waals surface area contributed by atoms with Crippen LogP contribution in [0.4, 0.5) is 0 Å². The van der Waals surface area contributed by atoms with Gasteiger partial charge in [-0.05, 0) is 50.3 Å². The number of hydrogen-bond donors (Lipinski definition) is 3. The van der Waals surface area contributed by atoms with Gasteiger partial charge >= 0.3 is 0 Å². The van der Waals surface area contributed by atoms with E-state index in [1.807, 2.05) is 56.5 Å². The number of nitrogens with two attached hydrogens (primary N) is 2. The number of benzene rings is 2. The van der Waals surface area contributed by atoms with E-state index in [0.29, 0.717) is 12.8 Å². The van der Waals surface area contributed by atoms with E-state index in [1.165, 1.54) is 0 Å². The van der Waals surface area contributed by atoms with Crippen LogP contribution in [0.15, 0.2) is 85.1 Å². The first kappa shape index (κ1) is 28.8. The molecule has 0 unspecified atom stereocenters. The van der Waals surface area contributed by atoms with Gasteiger partial charge in [0, 0.05) is 22.9 Å². The molecule has 0 atom stereocenters. The van der Waals surface area contributed by atoms with Crippen molar-refractivity contribution in [1.29, 1.82) is 0 Å². The fourth-order valence-corrected chi connectivity index (χ4v) is 7.29. The molecule has 2 heterocycles. The number of nitrogens with zero attached hydrogens (tertiary/aromatic N) is 2. The summed E-state index contributed by atoms with van der Waals surface area (Å²) in [5, 5.41) is 12.0. The lowest BCUT2D eigenvalue weighted by Gasteiger charge is -2.49. The number of carbonyl (C=O) groups excluding carboxylic acids is 1. The van der Waals surface area contributed by atoms with Crippen LogP contribution in [0.1, 0.15) is 49.6 Å². The SMILES string of the molecule is C=C(C)C=CC=C(C)c1sc(-c2cnc(-c3ccc(CC(N)=O)cc3)s2)nc1-c1ccc(C2(N)CC(C)(O)C2)cc1. The Kier molecular flexibility index (Phi) is 7.94. The van der Waals surface area contributed by atoms with E-state index in [0.717, 1.165) is 58.9 Å². The first-order valence-electron chi connectivity index (χ1n) is 13.4. The second-order valence-electron chi connectivity index (χ2n) is 11.2. The van der Waals surface area contributed by atoms with Crippen LogP contribution < -0.4 is 11.5 Å². The fourth-order valence-electron chi connectivity index (χ4n) is 5.27. The lowest BCUT2D eigenvalue weighted by atomic mass is 9.63. The summed E-state index contributed by atoms with van der Waals surface area (Å²) in [7, 11) is 0. The van der Waals surface area contributed by atoms with Crippen LogP contribution in [0.2, 0.25) is 0 Å². The number of thiazole rings is 2. The highest BCUT2D eigenvalue weighted by molar-refractivity contribution is 7.23. The summed E-state index contributed by atoms with van der Waals surface area (Å²) in [6, 6.07) is 16.0. The molecule has 2 aromatic carbocycles. The predicted molar refractivity (Wildman–Crippen MR) is 170 cm³/mol. The maximum atomic E-state index is 11.2. The van der Waals surface area contributed by atoms with E-state index >= 15 is 0 Å². The summed E-state index contributed by atoms with van der Waals surface area (Å²) in [5.41, 5.74) is 17.6. The van der Waals surface area contributed by atoms with E-state index in [2.05, 4.69) is 48.8 Å². The third-order valence-electron chi connectivity index (χ3n) is 7.13. The van der Waals surface area contributed by atoms with Gasteiger partial charge in [-0.25, -0.2) is 9.97 Å². The van der Waals surface area contributed by atoms with Crippen molar-refractivity contribution in [1.82, 2.24) is 9.97 Å². The monoisotopic (exact) mass is 582 g/mol. The third kappa shape index (κ3) is 6.47. The molecule has 0 radical (unpaired) electrons. The molecular weight excluding hydrogens is 549 g/mol. The summed E-state index contributed by atoms with van der Waals surface area (Å²) in [5.74, 6) is -0.350. The van der Waals surface area contributed by atoms with Gasteiger partial charge < -0.3 is 16.6 Å². The van der Waals surface area contributed by atoms with Crippen molar-refractivity contribution >= 4 is 34.2 Å². The highest BCUT2D eigenvalue weighted by atomic mass is 32.1. The average molecular weight is 583 g/mol. The van der Waals surface area contributed by atoms with Crippen molar-refractivity contribution in [3.63, 3.8) is 0 Å². The Morgan fingerprint density at radius 1 is 1.05 bits per heavy atom. The molecule has 4 aromatic rings. The molecule has 0 bridgehead atoms. The molecule has 1 saturated carbocycles. The van der Waals surface area contributed by atoms with E-state index in [4.69, 9.17) is 16.5 Å². The molecule has 2 aromatic heterocycles. The van der Waals surface area contributed by atoms with Crippen molar-refractivity contribution in [2.45, 2.75) is 51.2 Å². The fraction of sp³-hybridized carbons (Fsp3) is 0.242. The van der Waals surface area contributed by atoms with Gasteiger partial charge in [0.2, 0.25) is 5.91 Å². The minimum atomic E-state index is -0.706. The van der Waals surface area contributed by atoms with Gasteiger partial charge in [0.25, 0.3) is 0 Å². The maximum Gasteiger partial charge on any atom is 0.221 e. The highest BCUT2D eigenvalue weighted by Crippen LogP contribution is 2.47. The van der Waals surface area contributed by atoms with Crippen LogP contribution in [0.25, 0.3) is 37.3 Å². The Morgan fingerprint density at radius 2 is 1.71 bits per heavy atom. The number of primary amides is 1. The smallest absolute Gasteiger partial charge is 0.221 e. The Labute approximate surface area is 248 Å². The second kappa shape index (κ2) is 11.3. The summed E-state index contributed by atoms with van der Waals surface area (Å²) in [6.45, 7) is 9.84. The summed E-state index contributed by atoms with van der Waals surface area (Å²) >= 11 is 3.23. The van der Waals surface area contributed by atoms with Gasteiger partial charge in [0.15, 0.2) is 0 Å². The molecular formula is C33H34N4O2S2. The number of amides is 1. The lowest BCUT2D eigenvalue weighted by molar-refractivity contribution is -0.117. The average Bonchev–Trinajstić information content (AvgIpc) is 3.55. The van der Waals surface area contributed by atoms with Crippen molar-refractivity contribution in [2.24, 2.45) is 11.5 Å². The molecule has 5 N–H and O–H groups in total. The van der Waals surface area contributed by atoms with E-state index in [-0.39, 0.29) is 12.3 Å². The summed E-state index contributed by atoms with van der Waals surface area (Å²) < 4.78 is 0. The van der Waals surface area contributed by atoms with Crippen molar-refractivity contribution in [3.8, 4) is 31.7 Å². The zero-order chi connectivity index (χ0) is 29.4. The van der Waals surface area contributed by atoms with Crippen molar-refractivity contribution in [2.75, 3.05) is 0 Å². The molecule has 0 aliphatic heterocycles. The molecule has 210 valence electrons. The van der Waals surface area contributed by atoms with Crippen LogP contribution in [0.3, 0.4) is 0 Å².